The molecule has 2 N–H and O–H groups in total. The summed E-state index contributed by atoms with van der Waals surface area (Å²) in [5, 5.41) is 0. The molecule has 1 atom stereocenters. The van der Waals surface area contributed by atoms with E-state index >= 15 is 0 Å². The van der Waals surface area contributed by atoms with Crippen LogP contribution >= 0.6 is 0 Å². The molecule has 0 radical (unpaired) electrons. The Balaban J connectivity index is 1.94. The summed E-state index contributed by atoms with van der Waals surface area (Å²) in [6, 6.07) is 9.17. The van der Waals surface area contributed by atoms with Gasteiger partial charge in [0, 0.05) is 11.1 Å². The van der Waals surface area contributed by atoms with E-state index in [4.69, 9.17) is 10.5 Å². The van der Waals surface area contributed by atoms with Gasteiger partial charge in [-0.25, -0.2) is 13.2 Å². The van der Waals surface area contributed by atoms with Gasteiger partial charge in [-0.3, -0.25) is 0 Å². The zero-order valence-electron chi connectivity index (χ0n) is 10.7. The first-order valence-corrected chi connectivity index (χ1v) is 6.10. The Morgan fingerprint density at radius 2 is 1.65 bits per heavy atom. The number of benzene rings is 2. The highest BCUT2D eigenvalue weighted by Gasteiger charge is 2.15. The molecule has 0 spiro atoms. The molecule has 5 heteroatoms. The van der Waals surface area contributed by atoms with E-state index in [1.165, 1.54) is 18.2 Å². The summed E-state index contributed by atoms with van der Waals surface area (Å²) in [6.07, 6.45) is 0. The second-order valence-electron chi connectivity index (χ2n) is 4.36. The average molecular weight is 281 g/mol. The quantitative estimate of drug-likeness (QED) is 0.912. The number of halogens is 3. The standard InChI is InChI=1S/C15H14F3NO/c16-12-6-2-1-4-10(12)8-20-9-14(19)11-5-3-7-13(17)15(11)18/h1-7,14H,8-9,19H2. The van der Waals surface area contributed by atoms with E-state index in [9.17, 15) is 13.2 Å². The molecule has 2 rings (SSSR count). The van der Waals surface area contributed by atoms with Crippen molar-refractivity contribution >= 4 is 0 Å². The summed E-state index contributed by atoms with van der Waals surface area (Å²) in [4.78, 5) is 0. The maximum Gasteiger partial charge on any atom is 0.163 e. The third-order valence-electron chi connectivity index (χ3n) is 2.89. The van der Waals surface area contributed by atoms with Crippen LogP contribution in [0.4, 0.5) is 13.2 Å². The first-order valence-electron chi connectivity index (χ1n) is 6.10. The normalized spacial score (nSPS) is 12.4. The van der Waals surface area contributed by atoms with Crippen molar-refractivity contribution in [3.8, 4) is 0 Å². The number of ether oxygens (including phenoxy) is 1. The molecule has 1 unspecified atom stereocenters. The van der Waals surface area contributed by atoms with E-state index in [1.807, 2.05) is 0 Å². The molecule has 106 valence electrons. The lowest BCUT2D eigenvalue weighted by atomic mass is 10.1. The van der Waals surface area contributed by atoms with Crippen molar-refractivity contribution in [1.29, 1.82) is 0 Å². The predicted molar refractivity (Wildman–Crippen MR) is 69.3 cm³/mol. The molecule has 0 bridgehead atoms. The molecule has 0 aromatic heterocycles. The Morgan fingerprint density at radius 1 is 0.950 bits per heavy atom. The fourth-order valence-electron chi connectivity index (χ4n) is 1.81. The van der Waals surface area contributed by atoms with Crippen molar-refractivity contribution in [3.05, 3.63) is 71.0 Å². The first kappa shape index (κ1) is 14.6. The van der Waals surface area contributed by atoms with Crippen molar-refractivity contribution in [2.45, 2.75) is 12.6 Å². The number of nitrogens with two attached hydrogens (primary N) is 1. The van der Waals surface area contributed by atoms with Crippen LogP contribution in [0.25, 0.3) is 0 Å². The van der Waals surface area contributed by atoms with Gasteiger partial charge < -0.3 is 10.5 Å². The third kappa shape index (κ3) is 3.37. The Morgan fingerprint density at radius 3 is 2.40 bits per heavy atom. The molecule has 2 aromatic rings. The van der Waals surface area contributed by atoms with E-state index < -0.39 is 17.7 Å². The summed E-state index contributed by atoms with van der Waals surface area (Å²) >= 11 is 0. The van der Waals surface area contributed by atoms with Gasteiger partial charge in [-0.05, 0) is 12.1 Å². The molecular formula is C15H14F3NO. The average Bonchev–Trinajstić information content (AvgIpc) is 2.44. The van der Waals surface area contributed by atoms with Crippen LogP contribution in [0.3, 0.4) is 0 Å². The van der Waals surface area contributed by atoms with Gasteiger partial charge >= 0.3 is 0 Å². The molecule has 0 amide bonds. The molecule has 20 heavy (non-hydrogen) atoms. The minimum absolute atomic E-state index is 0.0251. The van der Waals surface area contributed by atoms with Gasteiger partial charge in [0.05, 0.1) is 19.3 Å². The summed E-state index contributed by atoms with van der Waals surface area (Å²) in [6.45, 7) is -0.00792. The Kier molecular flexibility index (Phi) is 4.76. The van der Waals surface area contributed by atoms with Gasteiger partial charge in [-0.2, -0.15) is 0 Å². The molecule has 0 aliphatic heterocycles. The summed E-state index contributed by atoms with van der Waals surface area (Å²) in [5.74, 6) is -2.31. The van der Waals surface area contributed by atoms with Crippen LogP contribution in [0.15, 0.2) is 42.5 Å². The molecule has 0 fully saturated rings. The van der Waals surface area contributed by atoms with Gasteiger partial charge in [0.2, 0.25) is 0 Å². The van der Waals surface area contributed by atoms with Gasteiger partial charge in [-0.1, -0.05) is 30.3 Å². The maximum atomic E-state index is 13.5. The smallest absolute Gasteiger partial charge is 0.163 e. The number of rotatable bonds is 5. The largest absolute Gasteiger partial charge is 0.375 e. The van der Waals surface area contributed by atoms with E-state index in [-0.39, 0.29) is 24.6 Å². The van der Waals surface area contributed by atoms with Crippen LogP contribution in [0.2, 0.25) is 0 Å². The zero-order chi connectivity index (χ0) is 14.5. The van der Waals surface area contributed by atoms with Crippen molar-refractivity contribution in [2.24, 2.45) is 5.73 Å². The van der Waals surface area contributed by atoms with Crippen LogP contribution in [0, 0.1) is 17.5 Å². The predicted octanol–water partition coefficient (Wildman–Crippen LogP) is 3.32. The van der Waals surface area contributed by atoms with E-state index in [0.29, 0.717) is 5.56 Å². The lowest BCUT2D eigenvalue weighted by Gasteiger charge is -2.14. The minimum atomic E-state index is -0.977. The van der Waals surface area contributed by atoms with E-state index in [0.717, 1.165) is 6.07 Å². The minimum Gasteiger partial charge on any atom is -0.375 e. The molecule has 0 saturated carbocycles. The van der Waals surface area contributed by atoms with Crippen LogP contribution in [-0.2, 0) is 11.3 Å². The molecule has 2 nitrogen and oxygen atoms in total. The second kappa shape index (κ2) is 6.54. The Labute approximate surface area is 115 Å². The van der Waals surface area contributed by atoms with Gasteiger partial charge in [-0.15, -0.1) is 0 Å². The molecule has 0 aliphatic carbocycles. The highest BCUT2D eigenvalue weighted by Crippen LogP contribution is 2.18. The third-order valence-corrected chi connectivity index (χ3v) is 2.89. The summed E-state index contributed by atoms with van der Waals surface area (Å²) < 4.78 is 45.1. The maximum absolute atomic E-state index is 13.5. The van der Waals surface area contributed by atoms with Crippen LogP contribution in [0.5, 0.6) is 0 Å². The zero-order valence-corrected chi connectivity index (χ0v) is 10.7. The SMILES string of the molecule is NC(COCc1ccccc1F)c1cccc(F)c1F. The van der Waals surface area contributed by atoms with Crippen LogP contribution in [-0.4, -0.2) is 6.61 Å². The fourth-order valence-corrected chi connectivity index (χ4v) is 1.81. The van der Waals surface area contributed by atoms with Gasteiger partial charge in [0.15, 0.2) is 11.6 Å². The van der Waals surface area contributed by atoms with Crippen molar-refractivity contribution in [3.63, 3.8) is 0 Å². The van der Waals surface area contributed by atoms with Crippen molar-refractivity contribution in [2.75, 3.05) is 6.61 Å². The van der Waals surface area contributed by atoms with Gasteiger partial charge in [0.1, 0.15) is 5.82 Å². The van der Waals surface area contributed by atoms with Gasteiger partial charge in [0.25, 0.3) is 0 Å². The highest BCUT2D eigenvalue weighted by atomic mass is 19.2. The van der Waals surface area contributed by atoms with Crippen LogP contribution < -0.4 is 5.73 Å². The Hall–Kier alpha value is -1.85. The monoisotopic (exact) mass is 281 g/mol. The molecule has 0 heterocycles. The molecule has 2 aromatic carbocycles. The first-order chi connectivity index (χ1) is 9.59. The number of hydrogen-bond donors (Lipinski definition) is 1. The second-order valence-corrected chi connectivity index (χ2v) is 4.36. The highest BCUT2D eigenvalue weighted by molar-refractivity contribution is 5.22. The van der Waals surface area contributed by atoms with Crippen molar-refractivity contribution < 1.29 is 17.9 Å². The Bertz CT molecular complexity index is 589. The molecular weight excluding hydrogens is 267 g/mol. The lowest BCUT2D eigenvalue weighted by molar-refractivity contribution is 0.105. The summed E-state index contributed by atoms with van der Waals surface area (Å²) in [5.41, 5.74) is 6.17. The summed E-state index contributed by atoms with van der Waals surface area (Å²) in [7, 11) is 0. The molecule has 0 aliphatic rings. The fraction of sp³-hybridized carbons (Fsp3) is 0.200. The van der Waals surface area contributed by atoms with E-state index in [2.05, 4.69) is 0 Å². The lowest BCUT2D eigenvalue weighted by Crippen LogP contribution is -2.19. The van der Waals surface area contributed by atoms with E-state index in [1.54, 1.807) is 18.2 Å². The molecule has 0 saturated heterocycles. The topological polar surface area (TPSA) is 35.2 Å². The van der Waals surface area contributed by atoms with Crippen molar-refractivity contribution in [1.82, 2.24) is 0 Å². The number of hydrogen-bond acceptors (Lipinski definition) is 2. The van der Waals surface area contributed by atoms with Crippen LogP contribution in [0.1, 0.15) is 17.2 Å².